The van der Waals surface area contributed by atoms with E-state index in [-0.39, 0.29) is 23.7 Å². The highest BCUT2D eigenvalue weighted by molar-refractivity contribution is 7.87. The lowest BCUT2D eigenvalue weighted by Crippen LogP contribution is -2.17. The predicted octanol–water partition coefficient (Wildman–Crippen LogP) is 8.38. The number of hydrogen-bond donors (Lipinski definition) is 0. The van der Waals surface area contributed by atoms with Crippen LogP contribution in [0.2, 0.25) is 0 Å². The smallest absolute Gasteiger partial charge is 0.339 e. The zero-order chi connectivity index (χ0) is 24.5. The maximum atomic E-state index is 13.8. The van der Waals surface area contributed by atoms with Crippen LogP contribution in [-0.4, -0.2) is 8.42 Å². The van der Waals surface area contributed by atoms with Crippen molar-refractivity contribution in [3.63, 3.8) is 0 Å². The van der Waals surface area contributed by atoms with Crippen molar-refractivity contribution in [2.45, 2.75) is 111 Å². The molecule has 32 heavy (non-hydrogen) atoms. The van der Waals surface area contributed by atoms with Gasteiger partial charge in [-0.15, -0.1) is 0 Å². The monoisotopic (exact) mass is 458 g/mol. The van der Waals surface area contributed by atoms with Gasteiger partial charge in [0.25, 0.3) is 0 Å². The standard InChI is InChI=1S/C28H42O3S/c1-16(2)22-12-26(19(7)8)28(27(13-22)20(9)10)32(29,30)31-23-14-24(17(3)4)21(11)25(15-23)18(5)6/h12-20H,1-11H3. The minimum absolute atomic E-state index is 0.0649. The minimum Gasteiger partial charge on any atom is -0.379 e. The Kier molecular flexibility index (Phi) is 8.25. The summed E-state index contributed by atoms with van der Waals surface area (Å²) < 4.78 is 33.4. The first-order valence-corrected chi connectivity index (χ1v) is 13.3. The summed E-state index contributed by atoms with van der Waals surface area (Å²) in [6.45, 7) is 23.1. The van der Waals surface area contributed by atoms with E-state index in [1.807, 2.05) is 52.0 Å². The third-order valence-electron chi connectivity index (χ3n) is 6.24. The van der Waals surface area contributed by atoms with Crippen molar-refractivity contribution in [1.82, 2.24) is 0 Å². The molecule has 4 heteroatoms. The molecular formula is C28H42O3S. The van der Waals surface area contributed by atoms with Crippen molar-refractivity contribution in [2.24, 2.45) is 0 Å². The van der Waals surface area contributed by atoms with Crippen LogP contribution < -0.4 is 4.18 Å². The minimum atomic E-state index is -4.00. The molecule has 2 aromatic rings. The van der Waals surface area contributed by atoms with Crippen molar-refractivity contribution in [2.75, 3.05) is 0 Å². The number of rotatable bonds is 8. The summed E-state index contributed by atoms with van der Waals surface area (Å²) >= 11 is 0. The Hall–Kier alpha value is -1.81. The van der Waals surface area contributed by atoms with Crippen molar-refractivity contribution in [3.05, 3.63) is 57.6 Å². The fourth-order valence-corrected chi connectivity index (χ4v) is 5.92. The molecule has 0 radical (unpaired) electrons. The van der Waals surface area contributed by atoms with E-state index in [4.69, 9.17) is 4.18 Å². The topological polar surface area (TPSA) is 43.4 Å². The van der Waals surface area contributed by atoms with Crippen LogP contribution in [0.15, 0.2) is 29.2 Å². The molecule has 0 bridgehead atoms. The summed E-state index contributed by atoms with van der Waals surface area (Å²) in [7, 11) is -4.00. The van der Waals surface area contributed by atoms with Gasteiger partial charge in [0.2, 0.25) is 0 Å². The molecule has 0 saturated carbocycles. The second-order valence-electron chi connectivity index (χ2n) is 10.6. The highest BCUT2D eigenvalue weighted by Gasteiger charge is 2.29. The third-order valence-corrected chi connectivity index (χ3v) is 7.62. The summed E-state index contributed by atoms with van der Waals surface area (Å²) in [6, 6.07) is 7.89. The van der Waals surface area contributed by atoms with Crippen LogP contribution in [0.4, 0.5) is 0 Å². The van der Waals surface area contributed by atoms with Gasteiger partial charge in [-0.3, -0.25) is 0 Å². The van der Waals surface area contributed by atoms with Gasteiger partial charge >= 0.3 is 10.1 Å². The summed E-state index contributed by atoms with van der Waals surface area (Å²) in [6.07, 6.45) is 0. The molecule has 0 spiro atoms. The molecule has 0 aromatic heterocycles. The third kappa shape index (κ3) is 5.57. The van der Waals surface area contributed by atoms with E-state index < -0.39 is 10.1 Å². The summed E-state index contributed by atoms with van der Waals surface area (Å²) in [4.78, 5) is 0.338. The first-order valence-electron chi connectivity index (χ1n) is 11.9. The van der Waals surface area contributed by atoms with Crippen LogP contribution in [0.3, 0.4) is 0 Å². The van der Waals surface area contributed by atoms with Gasteiger partial charge in [-0.05, 0) is 82.0 Å². The van der Waals surface area contributed by atoms with Crippen LogP contribution in [0, 0.1) is 6.92 Å². The van der Waals surface area contributed by atoms with Crippen molar-refractivity contribution in [3.8, 4) is 5.75 Å². The van der Waals surface area contributed by atoms with Gasteiger partial charge in [0.05, 0.1) is 0 Å². The first kappa shape index (κ1) is 26.4. The fraction of sp³-hybridized carbons (Fsp3) is 0.571. The van der Waals surface area contributed by atoms with E-state index in [0.717, 1.165) is 27.8 Å². The molecule has 0 aliphatic carbocycles. The average Bonchev–Trinajstić information content (AvgIpc) is 2.67. The van der Waals surface area contributed by atoms with Crippen LogP contribution in [-0.2, 0) is 10.1 Å². The Bertz CT molecular complexity index is 1000. The number of benzene rings is 2. The summed E-state index contributed by atoms with van der Waals surface area (Å²) in [5, 5.41) is 0. The fourth-order valence-electron chi connectivity index (χ4n) is 4.33. The molecule has 0 aliphatic rings. The van der Waals surface area contributed by atoms with E-state index in [1.54, 1.807) is 0 Å². The van der Waals surface area contributed by atoms with Gasteiger partial charge in [-0.25, -0.2) is 0 Å². The van der Waals surface area contributed by atoms with E-state index >= 15 is 0 Å². The molecule has 0 N–H and O–H groups in total. The molecule has 0 saturated heterocycles. The van der Waals surface area contributed by atoms with Crippen molar-refractivity contribution < 1.29 is 12.6 Å². The van der Waals surface area contributed by atoms with Gasteiger partial charge in [-0.2, -0.15) is 8.42 Å². The Morgan fingerprint density at radius 2 is 0.969 bits per heavy atom. The molecule has 0 unspecified atom stereocenters. The SMILES string of the molecule is Cc1c(C(C)C)cc(OS(=O)(=O)c2c(C(C)C)cc(C(C)C)cc2C(C)C)cc1C(C)C. The van der Waals surface area contributed by atoms with E-state index in [0.29, 0.717) is 16.6 Å². The largest absolute Gasteiger partial charge is 0.379 e. The Labute approximate surface area is 196 Å². The Morgan fingerprint density at radius 3 is 1.28 bits per heavy atom. The Balaban J connectivity index is 2.75. The van der Waals surface area contributed by atoms with Crippen LogP contribution in [0.25, 0.3) is 0 Å². The molecule has 178 valence electrons. The summed E-state index contributed by atoms with van der Waals surface area (Å²) in [5.74, 6) is 1.41. The second-order valence-corrected chi connectivity index (χ2v) is 12.0. The van der Waals surface area contributed by atoms with Crippen LogP contribution in [0.5, 0.6) is 5.75 Å². The quantitative estimate of drug-likeness (QED) is 0.373. The lowest BCUT2D eigenvalue weighted by molar-refractivity contribution is 0.481. The highest BCUT2D eigenvalue weighted by atomic mass is 32.2. The summed E-state index contributed by atoms with van der Waals surface area (Å²) in [5.41, 5.74) is 6.30. The maximum absolute atomic E-state index is 13.8. The number of hydrogen-bond acceptors (Lipinski definition) is 3. The molecule has 0 amide bonds. The van der Waals surface area contributed by atoms with Crippen LogP contribution >= 0.6 is 0 Å². The molecule has 0 atom stereocenters. The zero-order valence-electron chi connectivity index (χ0n) is 21.8. The molecule has 3 nitrogen and oxygen atoms in total. The predicted molar refractivity (Wildman–Crippen MR) is 136 cm³/mol. The van der Waals surface area contributed by atoms with Crippen LogP contribution in [0.1, 0.15) is 132 Å². The van der Waals surface area contributed by atoms with Crippen molar-refractivity contribution >= 4 is 10.1 Å². The normalized spacial score (nSPS) is 12.6. The average molecular weight is 459 g/mol. The van der Waals surface area contributed by atoms with Gasteiger partial charge in [0.15, 0.2) is 0 Å². The first-order chi connectivity index (χ1) is 14.7. The zero-order valence-corrected chi connectivity index (χ0v) is 22.6. The lowest BCUT2D eigenvalue weighted by Gasteiger charge is -2.23. The van der Waals surface area contributed by atoms with Gasteiger partial charge in [0.1, 0.15) is 10.6 Å². The Morgan fingerprint density at radius 1 is 0.594 bits per heavy atom. The molecule has 2 rings (SSSR count). The second kappa shape index (κ2) is 9.99. The van der Waals surface area contributed by atoms with Gasteiger partial charge < -0.3 is 4.18 Å². The maximum Gasteiger partial charge on any atom is 0.339 e. The van der Waals surface area contributed by atoms with E-state index in [2.05, 4.69) is 48.5 Å². The van der Waals surface area contributed by atoms with Gasteiger partial charge in [-0.1, -0.05) is 81.4 Å². The van der Waals surface area contributed by atoms with E-state index in [9.17, 15) is 8.42 Å². The molecule has 0 aliphatic heterocycles. The molecule has 2 aromatic carbocycles. The molecule has 0 heterocycles. The molecule has 0 fully saturated rings. The van der Waals surface area contributed by atoms with Gasteiger partial charge in [0, 0.05) is 0 Å². The van der Waals surface area contributed by atoms with E-state index in [1.165, 1.54) is 5.56 Å². The molecular weight excluding hydrogens is 416 g/mol. The highest BCUT2D eigenvalue weighted by Crippen LogP contribution is 2.38. The van der Waals surface area contributed by atoms with Crippen molar-refractivity contribution in [1.29, 1.82) is 0 Å². The lowest BCUT2D eigenvalue weighted by atomic mass is 9.89.